The summed E-state index contributed by atoms with van der Waals surface area (Å²) in [6, 6.07) is 15.3. The molecule has 2 rings (SSSR count). The third kappa shape index (κ3) is 3.58. The van der Waals surface area contributed by atoms with E-state index in [0.717, 1.165) is 22.6 Å². The average Bonchev–Trinajstić information content (AvgIpc) is 2.42. The van der Waals surface area contributed by atoms with Crippen molar-refractivity contribution in [2.24, 2.45) is 0 Å². The second kappa shape index (κ2) is 6.05. The first-order valence-electron chi connectivity index (χ1n) is 6.17. The fourth-order valence-corrected chi connectivity index (χ4v) is 1.89. The molecule has 0 fully saturated rings. The molecule has 0 aromatic heterocycles. The van der Waals surface area contributed by atoms with Crippen LogP contribution in [0.15, 0.2) is 48.5 Å². The Hall–Kier alpha value is -2.29. The van der Waals surface area contributed by atoms with Crippen molar-refractivity contribution in [3.05, 3.63) is 59.7 Å². The van der Waals surface area contributed by atoms with Gasteiger partial charge in [0, 0.05) is 5.69 Å². The molecule has 0 radical (unpaired) electrons. The number of ether oxygens (including phenoxy) is 1. The third-order valence-electron chi connectivity index (χ3n) is 2.89. The Morgan fingerprint density at radius 1 is 1.16 bits per heavy atom. The lowest BCUT2D eigenvalue weighted by Gasteiger charge is -2.08. The largest absolute Gasteiger partial charge is 0.496 e. The molecule has 98 valence electrons. The number of para-hydroxylation sites is 1. The topological polar surface area (TPSA) is 38.3 Å². The normalized spacial score (nSPS) is 10.0. The lowest BCUT2D eigenvalue weighted by molar-refractivity contribution is -0.115. The number of carbonyl (C=O) groups excluding carboxylic acids is 1. The van der Waals surface area contributed by atoms with E-state index in [0.29, 0.717) is 6.42 Å². The van der Waals surface area contributed by atoms with E-state index in [4.69, 9.17) is 4.74 Å². The first-order valence-corrected chi connectivity index (χ1v) is 6.17. The zero-order chi connectivity index (χ0) is 13.7. The molecule has 2 aromatic rings. The first-order chi connectivity index (χ1) is 9.19. The maximum absolute atomic E-state index is 11.9. The summed E-state index contributed by atoms with van der Waals surface area (Å²) < 4.78 is 5.25. The number of hydrogen-bond donors (Lipinski definition) is 1. The van der Waals surface area contributed by atoms with Crippen molar-refractivity contribution in [1.29, 1.82) is 0 Å². The smallest absolute Gasteiger partial charge is 0.228 e. The molecule has 0 aliphatic heterocycles. The van der Waals surface area contributed by atoms with Crippen LogP contribution in [0.3, 0.4) is 0 Å². The van der Waals surface area contributed by atoms with E-state index in [-0.39, 0.29) is 5.91 Å². The number of anilines is 1. The van der Waals surface area contributed by atoms with Gasteiger partial charge in [0.2, 0.25) is 5.91 Å². The van der Waals surface area contributed by atoms with Crippen LogP contribution in [0.5, 0.6) is 5.75 Å². The Morgan fingerprint density at radius 2 is 1.89 bits per heavy atom. The van der Waals surface area contributed by atoms with Gasteiger partial charge in [-0.1, -0.05) is 30.3 Å². The monoisotopic (exact) mass is 255 g/mol. The lowest BCUT2D eigenvalue weighted by atomic mass is 10.1. The van der Waals surface area contributed by atoms with Gasteiger partial charge < -0.3 is 10.1 Å². The van der Waals surface area contributed by atoms with E-state index in [2.05, 4.69) is 5.32 Å². The maximum atomic E-state index is 11.9. The van der Waals surface area contributed by atoms with Crippen LogP contribution in [-0.4, -0.2) is 13.0 Å². The number of aryl methyl sites for hydroxylation is 1. The van der Waals surface area contributed by atoms with Crippen LogP contribution < -0.4 is 10.1 Å². The number of amides is 1. The second-order valence-electron chi connectivity index (χ2n) is 4.39. The number of benzene rings is 2. The van der Waals surface area contributed by atoms with Crippen molar-refractivity contribution >= 4 is 11.6 Å². The first kappa shape index (κ1) is 13.1. The molecule has 0 unspecified atom stereocenters. The van der Waals surface area contributed by atoms with E-state index in [1.807, 2.05) is 55.5 Å². The molecule has 0 saturated carbocycles. The number of nitrogens with one attached hydrogen (secondary N) is 1. The summed E-state index contributed by atoms with van der Waals surface area (Å²) in [5.74, 6) is 0.780. The van der Waals surface area contributed by atoms with Crippen LogP contribution in [0.25, 0.3) is 0 Å². The van der Waals surface area contributed by atoms with E-state index < -0.39 is 0 Å². The zero-order valence-electron chi connectivity index (χ0n) is 11.1. The molecule has 1 amide bonds. The van der Waals surface area contributed by atoms with Crippen LogP contribution in [0.1, 0.15) is 11.1 Å². The number of carbonyl (C=O) groups is 1. The van der Waals surface area contributed by atoms with Gasteiger partial charge in [0.05, 0.1) is 13.5 Å². The van der Waals surface area contributed by atoms with Gasteiger partial charge in [-0.2, -0.15) is 0 Å². The summed E-state index contributed by atoms with van der Waals surface area (Å²) in [5.41, 5.74) is 2.82. The van der Waals surface area contributed by atoms with Crippen LogP contribution in [0.4, 0.5) is 5.69 Å². The van der Waals surface area contributed by atoms with Crippen molar-refractivity contribution in [1.82, 2.24) is 0 Å². The van der Waals surface area contributed by atoms with Crippen LogP contribution in [0, 0.1) is 6.92 Å². The van der Waals surface area contributed by atoms with Gasteiger partial charge in [0.25, 0.3) is 0 Å². The molecule has 3 heteroatoms. The van der Waals surface area contributed by atoms with Crippen molar-refractivity contribution in [2.45, 2.75) is 13.3 Å². The fourth-order valence-electron chi connectivity index (χ4n) is 1.89. The molecule has 0 aliphatic rings. The molecule has 0 saturated heterocycles. The molecule has 3 nitrogen and oxygen atoms in total. The third-order valence-corrected chi connectivity index (χ3v) is 2.89. The van der Waals surface area contributed by atoms with Crippen molar-refractivity contribution in [3.8, 4) is 5.75 Å². The van der Waals surface area contributed by atoms with E-state index in [1.165, 1.54) is 0 Å². The van der Waals surface area contributed by atoms with Crippen LogP contribution in [0.2, 0.25) is 0 Å². The number of hydrogen-bond acceptors (Lipinski definition) is 2. The standard InChI is InChI=1S/C16H17NO2/c1-12-8-9-13(10-15(12)19-2)11-16(18)17-14-6-4-3-5-7-14/h3-10H,11H2,1-2H3,(H,17,18). The molecule has 0 atom stereocenters. The molecule has 0 aliphatic carbocycles. The van der Waals surface area contributed by atoms with Crippen LogP contribution >= 0.6 is 0 Å². The predicted octanol–water partition coefficient (Wildman–Crippen LogP) is 3.18. The predicted molar refractivity (Wildman–Crippen MR) is 76.5 cm³/mol. The van der Waals surface area contributed by atoms with Gasteiger partial charge in [-0.3, -0.25) is 4.79 Å². The molecule has 0 bridgehead atoms. The summed E-state index contributed by atoms with van der Waals surface area (Å²) in [6.07, 6.45) is 0.339. The zero-order valence-corrected chi connectivity index (χ0v) is 11.1. The molecule has 0 heterocycles. The summed E-state index contributed by atoms with van der Waals surface area (Å²) in [5, 5.41) is 2.86. The molecular formula is C16H17NO2. The van der Waals surface area contributed by atoms with Crippen molar-refractivity contribution < 1.29 is 9.53 Å². The highest BCUT2D eigenvalue weighted by atomic mass is 16.5. The minimum Gasteiger partial charge on any atom is -0.496 e. The van der Waals surface area contributed by atoms with Gasteiger partial charge in [-0.15, -0.1) is 0 Å². The summed E-state index contributed by atoms with van der Waals surface area (Å²) in [7, 11) is 1.64. The highest BCUT2D eigenvalue weighted by Crippen LogP contribution is 2.19. The van der Waals surface area contributed by atoms with E-state index >= 15 is 0 Å². The lowest BCUT2D eigenvalue weighted by Crippen LogP contribution is -2.14. The molecule has 2 aromatic carbocycles. The average molecular weight is 255 g/mol. The number of rotatable bonds is 4. The molecule has 1 N–H and O–H groups in total. The van der Waals surface area contributed by atoms with Crippen molar-refractivity contribution in [2.75, 3.05) is 12.4 Å². The van der Waals surface area contributed by atoms with E-state index in [9.17, 15) is 4.79 Å². The molecular weight excluding hydrogens is 238 g/mol. The minimum absolute atomic E-state index is 0.0305. The van der Waals surface area contributed by atoms with Gasteiger partial charge in [-0.05, 0) is 36.2 Å². The quantitative estimate of drug-likeness (QED) is 0.911. The fraction of sp³-hybridized carbons (Fsp3) is 0.188. The molecule has 19 heavy (non-hydrogen) atoms. The Bertz CT molecular complexity index is 564. The summed E-state index contributed by atoms with van der Waals surface area (Å²) >= 11 is 0. The maximum Gasteiger partial charge on any atom is 0.228 e. The van der Waals surface area contributed by atoms with Gasteiger partial charge in [0.1, 0.15) is 5.75 Å². The Kier molecular flexibility index (Phi) is 4.18. The van der Waals surface area contributed by atoms with Crippen LogP contribution in [-0.2, 0) is 11.2 Å². The summed E-state index contributed by atoms with van der Waals surface area (Å²) in [4.78, 5) is 11.9. The Balaban J connectivity index is 2.03. The molecule has 0 spiro atoms. The summed E-state index contributed by atoms with van der Waals surface area (Å²) in [6.45, 7) is 1.98. The van der Waals surface area contributed by atoms with Gasteiger partial charge in [-0.25, -0.2) is 0 Å². The second-order valence-corrected chi connectivity index (χ2v) is 4.39. The van der Waals surface area contributed by atoms with Crippen molar-refractivity contribution in [3.63, 3.8) is 0 Å². The minimum atomic E-state index is -0.0305. The highest BCUT2D eigenvalue weighted by Gasteiger charge is 2.06. The Morgan fingerprint density at radius 3 is 2.58 bits per heavy atom. The van der Waals surface area contributed by atoms with E-state index in [1.54, 1.807) is 7.11 Å². The number of methoxy groups -OCH3 is 1. The SMILES string of the molecule is COc1cc(CC(=O)Nc2ccccc2)ccc1C. The highest BCUT2D eigenvalue weighted by molar-refractivity contribution is 5.92. The van der Waals surface area contributed by atoms with Gasteiger partial charge >= 0.3 is 0 Å². The van der Waals surface area contributed by atoms with Gasteiger partial charge in [0.15, 0.2) is 0 Å². The Labute approximate surface area is 113 Å².